The van der Waals surface area contributed by atoms with E-state index in [0.717, 1.165) is 16.7 Å². The Kier molecular flexibility index (Phi) is 7.64. The van der Waals surface area contributed by atoms with Crippen LogP contribution in [-0.4, -0.2) is 39.4 Å². The van der Waals surface area contributed by atoms with Gasteiger partial charge in [0.05, 0.1) is 26.4 Å². The van der Waals surface area contributed by atoms with E-state index in [9.17, 15) is 9.59 Å². The number of hydrogen-bond acceptors (Lipinski definition) is 5. The molecule has 0 fully saturated rings. The average Bonchev–Trinajstić information content (AvgIpc) is 2.68. The molecule has 0 aliphatic rings. The summed E-state index contributed by atoms with van der Waals surface area (Å²) in [6.07, 6.45) is -0.991. The molecule has 0 heterocycles. The van der Waals surface area contributed by atoms with Gasteiger partial charge in [0, 0.05) is 11.6 Å². The molecular formula is C20H22ClNO5. The lowest BCUT2D eigenvalue weighted by molar-refractivity contribution is 0.0598. The highest BCUT2D eigenvalue weighted by Gasteiger charge is 2.20. The molecule has 2 rings (SSSR count). The summed E-state index contributed by atoms with van der Waals surface area (Å²) in [6, 6.07) is 12.6. The zero-order chi connectivity index (χ0) is 19.8. The number of rotatable bonds is 7. The van der Waals surface area contributed by atoms with Crippen LogP contribution in [0.1, 0.15) is 33.2 Å². The molecule has 0 bridgehead atoms. The number of carbonyl (C=O) groups is 2. The van der Waals surface area contributed by atoms with Gasteiger partial charge in [0.15, 0.2) is 0 Å². The van der Waals surface area contributed by atoms with Crippen LogP contribution in [-0.2, 0) is 14.2 Å². The molecule has 7 heteroatoms. The van der Waals surface area contributed by atoms with Crippen LogP contribution in [0.5, 0.6) is 0 Å². The first-order chi connectivity index (χ1) is 13.0. The van der Waals surface area contributed by atoms with E-state index in [1.165, 1.54) is 14.2 Å². The molecule has 1 atom stereocenters. The zero-order valence-corrected chi connectivity index (χ0v) is 16.2. The predicted molar refractivity (Wildman–Crippen MR) is 102 cm³/mol. The van der Waals surface area contributed by atoms with E-state index in [1.807, 2.05) is 31.2 Å². The van der Waals surface area contributed by atoms with Crippen molar-refractivity contribution in [2.45, 2.75) is 13.0 Å². The number of ether oxygens (including phenoxy) is 3. The van der Waals surface area contributed by atoms with Gasteiger partial charge >= 0.3 is 12.1 Å². The van der Waals surface area contributed by atoms with E-state index in [4.69, 9.17) is 21.1 Å². The Bertz CT molecular complexity index is 809. The van der Waals surface area contributed by atoms with E-state index in [-0.39, 0.29) is 13.2 Å². The van der Waals surface area contributed by atoms with Crippen molar-refractivity contribution in [3.63, 3.8) is 0 Å². The van der Waals surface area contributed by atoms with Gasteiger partial charge in [-0.2, -0.15) is 0 Å². The first-order valence-corrected chi connectivity index (χ1v) is 8.71. The third-order valence-corrected chi connectivity index (χ3v) is 4.21. The van der Waals surface area contributed by atoms with Gasteiger partial charge in [-0.3, -0.25) is 0 Å². The van der Waals surface area contributed by atoms with Gasteiger partial charge in [-0.15, -0.1) is 0 Å². The lowest BCUT2D eigenvalue weighted by atomic mass is 9.95. The number of amides is 1. The fourth-order valence-corrected chi connectivity index (χ4v) is 2.80. The van der Waals surface area contributed by atoms with Crippen molar-refractivity contribution in [1.29, 1.82) is 0 Å². The predicted octanol–water partition coefficient (Wildman–Crippen LogP) is 3.90. The summed E-state index contributed by atoms with van der Waals surface area (Å²) >= 11 is 6.14. The smallest absolute Gasteiger partial charge is 0.406 e. The van der Waals surface area contributed by atoms with Gasteiger partial charge in [-0.05, 0) is 47.9 Å². The van der Waals surface area contributed by atoms with Gasteiger partial charge in [0.2, 0.25) is 0 Å². The van der Waals surface area contributed by atoms with Crippen molar-refractivity contribution < 1.29 is 23.8 Å². The van der Waals surface area contributed by atoms with Gasteiger partial charge in [0.25, 0.3) is 0 Å². The van der Waals surface area contributed by atoms with Gasteiger partial charge < -0.3 is 19.5 Å². The van der Waals surface area contributed by atoms with Crippen molar-refractivity contribution >= 4 is 23.7 Å². The molecule has 1 amide bonds. The van der Waals surface area contributed by atoms with E-state index >= 15 is 0 Å². The van der Waals surface area contributed by atoms with Gasteiger partial charge in [-0.25, -0.2) is 9.59 Å². The second kappa shape index (κ2) is 9.94. The number of aryl methyl sites for hydroxylation is 1. The molecular weight excluding hydrogens is 370 g/mol. The fourth-order valence-electron chi connectivity index (χ4n) is 2.61. The molecule has 0 radical (unpaired) electrons. The molecule has 0 aliphatic carbocycles. The van der Waals surface area contributed by atoms with Crippen molar-refractivity contribution in [1.82, 2.24) is 5.32 Å². The van der Waals surface area contributed by atoms with Crippen molar-refractivity contribution in [2.24, 2.45) is 0 Å². The van der Waals surface area contributed by atoms with Crippen molar-refractivity contribution in [2.75, 3.05) is 27.4 Å². The SMILES string of the molecule is COC(=O)NCCOC(c1cccc(Cl)c1)c1cc(C(=O)OC)ccc1C. The second-order valence-electron chi connectivity index (χ2n) is 5.79. The maximum Gasteiger partial charge on any atom is 0.406 e. The highest BCUT2D eigenvalue weighted by molar-refractivity contribution is 6.30. The molecule has 6 nitrogen and oxygen atoms in total. The number of benzene rings is 2. The zero-order valence-electron chi connectivity index (χ0n) is 15.5. The third kappa shape index (κ3) is 5.70. The summed E-state index contributed by atoms with van der Waals surface area (Å²) in [5.74, 6) is -0.423. The average molecular weight is 392 g/mol. The highest BCUT2D eigenvalue weighted by atomic mass is 35.5. The number of halogens is 1. The van der Waals surface area contributed by atoms with Crippen LogP contribution >= 0.6 is 11.6 Å². The Balaban J connectivity index is 2.32. The van der Waals surface area contributed by atoms with Crippen molar-refractivity contribution in [3.8, 4) is 0 Å². The van der Waals surface area contributed by atoms with Crippen LogP contribution in [0.15, 0.2) is 42.5 Å². The molecule has 27 heavy (non-hydrogen) atoms. The minimum atomic E-state index is -0.526. The van der Waals surface area contributed by atoms with E-state index in [2.05, 4.69) is 10.1 Å². The largest absolute Gasteiger partial charge is 0.465 e. The Morgan fingerprint density at radius 3 is 2.56 bits per heavy atom. The normalized spacial score (nSPS) is 11.6. The monoisotopic (exact) mass is 391 g/mol. The number of esters is 1. The minimum absolute atomic E-state index is 0.244. The Morgan fingerprint density at radius 2 is 1.89 bits per heavy atom. The summed E-state index contributed by atoms with van der Waals surface area (Å²) in [6.45, 7) is 2.46. The number of hydrogen-bond donors (Lipinski definition) is 1. The number of alkyl carbamates (subject to hydrolysis) is 1. The van der Waals surface area contributed by atoms with E-state index < -0.39 is 18.2 Å². The van der Waals surface area contributed by atoms with Crippen LogP contribution in [0, 0.1) is 6.92 Å². The summed E-state index contributed by atoms with van der Waals surface area (Å²) in [4.78, 5) is 23.1. The Morgan fingerprint density at radius 1 is 1.11 bits per heavy atom. The van der Waals surface area contributed by atoms with Gasteiger partial charge in [0.1, 0.15) is 6.10 Å². The van der Waals surface area contributed by atoms with Gasteiger partial charge in [-0.1, -0.05) is 29.8 Å². The molecule has 1 unspecified atom stereocenters. The Hall–Kier alpha value is -2.57. The van der Waals surface area contributed by atoms with Crippen LogP contribution in [0.25, 0.3) is 0 Å². The van der Waals surface area contributed by atoms with E-state index in [1.54, 1.807) is 18.2 Å². The number of nitrogens with one attached hydrogen (secondary N) is 1. The van der Waals surface area contributed by atoms with Crippen LogP contribution in [0.3, 0.4) is 0 Å². The van der Waals surface area contributed by atoms with Crippen LogP contribution in [0.4, 0.5) is 4.79 Å². The molecule has 0 saturated heterocycles. The second-order valence-corrected chi connectivity index (χ2v) is 6.22. The molecule has 2 aromatic rings. The minimum Gasteiger partial charge on any atom is -0.465 e. The summed E-state index contributed by atoms with van der Waals surface area (Å²) in [7, 11) is 2.64. The summed E-state index contributed by atoms with van der Waals surface area (Å²) in [5, 5.41) is 3.15. The van der Waals surface area contributed by atoms with Crippen molar-refractivity contribution in [3.05, 3.63) is 69.7 Å². The van der Waals surface area contributed by atoms with Crippen LogP contribution < -0.4 is 5.32 Å². The standard InChI is InChI=1S/C20H22ClNO5/c1-13-7-8-15(19(23)25-2)12-17(13)18(14-5-4-6-16(21)11-14)27-10-9-22-20(24)26-3/h4-8,11-12,18H,9-10H2,1-3H3,(H,22,24). The topological polar surface area (TPSA) is 73.9 Å². The summed E-state index contributed by atoms with van der Waals surface area (Å²) in [5.41, 5.74) is 3.04. The lowest BCUT2D eigenvalue weighted by Gasteiger charge is -2.22. The molecule has 0 saturated carbocycles. The molecule has 0 aliphatic heterocycles. The molecule has 2 aromatic carbocycles. The summed E-state index contributed by atoms with van der Waals surface area (Å²) < 4.78 is 15.4. The first-order valence-electron chi connectivity index (χ1n) is 8.34. The maximum atomic E-state index is 11.9. The maximum absolute atomic E-state index is 11.9. The van der Waals surface area contributed by atoms with E-state index in [0.29, 0.717) is 10.6 Å². The first kappa shape index (κ1) is 20.7. The quantitative estimate of drug-likeness (QED) is 0.572. The third-order valence-electron chi connectivity index (χ3n) is 3.98. The molecule has 0 aromatic heterocycles. The Labute approximate surface area is 163 Å². The number of carbonyl (C=O) groups excluding carboxylic acids is 2. The molecule has 0 spiro atoms. The number of methoxy groups -OCH3 is 2. The fraction of sp³-hybridized carbons (Fsp3) is 0.300. The lowest BCUT2D eigenvalue weighted by Crippen LogP contribution is -2.27. The molecule has 144 valence electrons. The highest BCUT2D eigenvalue weighted by Crippen LogP contribution is 2.31. The van der Waals surface area contributed by atoms with Crippen LogP contribution in [0.2, 0.25) is 5.02 Å². The molecule has 1 N–H and O–H groups in total.